The Morgan fingerprint density at radius 3 is 1.64 bits per heavy atom. The summed E-state index contributed by atoms with van der Waals surface area (Å²) in [5, 5.41) is 0. The van der Waals surface area contributed by atoms with Gasteiger partial charge in [0.1, 0.15) is 0 Å². The summed E-state index contributed by atoms with van der Waals surface area (Å²) in [5.41, 5.74) is 3.50. The van der Waals surface area contributed by atoms with Crippen LogP contribution in [0.3, 0.4) is 0 Å². The van der Waals surface area contributed by atoms with E-state index < -0.39 is 0 Å². The molecule has 56 valence electrons. The van der Waals surface area contributed by atoms with Crippen LogP contribution in [0.25, 0.3) is 0 Å². The van der Waals surface area contributed by atoms with Crippen LogP contribution >= 0.6 is 0 Å². The van der Waals surface area contributed by atoms with Crippen LogP contribution in [0, 0.1) is 20.8 Å². The molecule has 3 heteroatoms. The Balaban J connectivity index is 0. The first-order valence-corrected chi connectivity index (χ1v) is 3.10. The third kappa shape index (κ3) is 4.84. The average Bonchev–Trinajstić information content (AvgIpc) is 1.59. The van der Waals surface area contributed by atoms with Crippen molar-refractivity contribution in [3.8, 4) is 0 Å². The van der Waals surface area contributed by atoms with Crippen molar-refractivity contribution < 1.29 is 42.8 Å². The second-order valence-corrected chi connectivity index (χ2v) is 2.43. The molecule has 0 aliphatic rings. The van der Waals surface area contributed by atoms with Crippen LogP contribution in [0.15, 0.2) is 12.1 Å². The Kier molecular flexibility index (Phi) is 7.71. The molecule has 0 N–H and O–H groups in total. The summed E-state index contributed by atoms with van der Waals surface area (Å²) in [5.74, 6) is 0. The zero-order valence-electron chi connectivity index (χ0n) is 7.48. The van der Waals surface area contributed by atoms with Crippen molar-refractivity contribution in [3.63, 3.8) is 0 Å². The molecule has 0 fully saturated rings. The van der Waals surface area contributed by atoms with Crippen molar-refractivity contribution in [1.82, 2.24) is 4.98 Å². The van der Waals surface area contributed by atoms with Crippen LogP contribution in [-0.4, -0.2) is 4.98 Å². The number of hydrogen-bond donors (Lipinski definition) is 0. The molecule has 0 bridgehead atoms. The second kappa shape index (κ2) is 6.04. The minimum absolute atomic E-state index is 0. The van der Waals surface area contributed by atoms with Gasteiger partial charge in [-0.1, -0.05) is 0 Å². The number of rotatable bonds is 0. The minimum atomic E-state index is 0. The van der Waals surface area contributed by atoms with E-state index in [1.165, 1.54) is 5.56 Å². The molecular weight excluding hydrogens is 244 g/mol. The Hall–Kier alpha value is 0.477. The third-order valence-corrected chi connectivity index (χ3v) is 1.23. The molecule has 0 aromatic carbocycles. The zero-order valence-corrected chi connectivity index (χ0v) is 9.64. The molecule has 1 aromatic heterocycles. The average molecular weight is 255 g/mol. The molecule has 0 amide bonds. The largest absolute Gasteiger partial charge is 1.00 e. The van der Waals surface area contributed by atoms with Crippen LogP contribution in [0.2, 0.25) is 0 Å². The van der Waals surface area contributed by atoms with Gasteiger partial charge in [0.2, 0.25) is 0 Å². The molecule has 0 saturated heterocycles. The van der Waals surface area contributed by atoms with E-state index in [9.17, 15) is 0 Å². The summed E-state index contributed by atoms with van der Waals surface area (Å²) >= 11 is 0. The molecule has 0 saturated carbocycles. The number of nitrogens with zero attached hydrogens (tertiary/aromatic N) is 1. The first-order valence-electron chi connectivity index (χ1n) is 3.10. The Morgan fingerprint density at radius 1 is 1.00 bits per heavy atom. The molecule has 11 heavy (non-hydrogen) atoms. The van der Waals surface area contributed by atoms with Gasteiger partial charge in [0.25, 0.3) is 0 Å². The number of pyridine rings is 1. The summed E-state index contributed by atoms with van der Waals surface area (Å²) in [6.45, 7) is 6.11. The SMILES string of the molecule is Cc1cc(C)nc(C)c1.[I-].[Li+]. The van der Waals surface area contributed by atoms with E-state index in [1.807, 2.05) is 13.8 Å². The van der Waals surface area contributed by atoms with Gasteiger partial charge in [-0.2, -0.15) is 0 Å². The fourth-order valence-corrected chi connectivity index (χ4v) is 1.04. The van der Waals surface area contributed by atoms with Crippen molar-refractivity contribution in [2.75, 3.05) is 0 Å². The quantitative estimate of drug-likeness (QED) is 0.340. The predicted octanol–water partition coefficient (Wildman–Crippen LogP) is -3.99. The van der Waals surface area contributed by atoms with Crippen molar-refractivity contribution in [3.05, 3.63) is 29.1 Å². The van der Waals surface area contributed by atoms with E-state index >= 15 is 0 Å². The van der Waals surface area contributed by atoms with Gasteiger partial charge in [0, 0.05) is 11.4 Å². The van der Waals surface area contributed by atoms with Gasteiger partial charge in [0.05, 0.1) is 0 Å². The van der Waals surface area contributed by atoms with Gasteiger partial charge < -0.3 is 24.0 Å². The molecule has 0 aliphatic heterocycles. The number of aromatic nitrogens is 1. The van der Waals surface area contributed by atoms with Crippen LogP contribution in [-0.2, 0) is 0 Å². The summed E-state index contributed by atoms with van der Waals surface area (Å²) in [6.07, 6.45) is 0. The fraction of sp³-hybridized carbons (Fsp3) is 0.375. The van der Waals surface area contributed by atoms with E-state index in [1.54, 1.807) is 0 Å². The maximum atomic E-state index is 4.23. The number of hydrogen-bond acceptors (Lipinski definition) is 1. The van der Waals surface area contributed by atoms with E-state index in [-0.39, 0.29) is 42.8 Å². The molecule has 1 aromatic rings. The second-order valence-electron chi connectivity index (χ2n) is 2.43. The van der Waals surface area contributed by atoms with Gasteiger partial charge in [-0.15, -0.1) is 0 Å². The molecule has 0 atom stereocenters. The molecule has 1 rings (SSSR count). The van der Waals surface area contributed by atoms with E-state index in [0.717, 1.165) is 11.4 Å². The molecule has 0 unspecified atom stereocenters. The minimum Gasteiger partial charge on any atom is -1.00 e. The smallest absolute Gasteiger partial charge is 1.00 e. The summed E-state index contributed by atoms with van der Waals surface area (Å²) in [4.78, 5) is 4.23. The number of aryl methyl sites for hydroxylation is 3. The van der Waals surface area contributed by atoms with Crippen LogP contribution < -0.4 is 42.8 Å². The first kappa shape index (κ1) is 14.0. The number of halogens is 1. The van der Waals surface area contributed by atoms with Gasteiger partial charge in [0.15, 0.2) is 0 Å². The van der Waals surface area contributed by atoms with Gasteiger partial charge in [-0.25, -0.2) is 0 Å². The van der Waals surface area contributed by atoms with Gasteiger partial charge >= 0.3 is 18.9 Å². The monoisotopic (exact) mass is 255 g/mol. The molecule has 1 heterocycles. The molecule has 1 nitrogen and oxygen atoms in total. The molecular formula is C8H11ILiN. The van der Waals surface area contributed by atoms with Crippen LogP contribution in [0.5, 0.6) is 0 Å². The van der Waals surface area contributed by atoms with E-state index in [0.29, 0.717) is 0 Å². The van der Waals surface area contributed by atoms with E-state index in [2.05, 4.69) is 24.0 Å². The maximum Gasteiger partial charge on any atom is 1.00 e. The molecule has 0 radical (unpaired) electrons. The Morgan fingerprint density at radius 2 is 1.36 bits per heavy atom. The standard InChI is InChI=1S/C8H11N.HI.Li/c1-6-4-7(2)9-8(3)5-6;;/h4-5H,1-3H3;1H;/q;;+1/p-1. The van der Waals surface area contributed by atoms with Gasteiger partial charge in [-0.3, -0.25) is 4.98 Å². The molecule has 0 aliphatic carbocycles. The van der Waals surface area contributed by atoms with Crippen molar-refractivity contribution in [2.45, 2.75) is 20.8 Å². The summed E-state index contributed by atoms with van der Waals surface area (Å²) < 4.78 is 0. The van der Waals surface area contributed by atoms with Crippen LogP contribution in [0.1, 0.15) is 17.0 Å². The Labute approximate surface area is 97.2 Å². The normalized spacial score (nSPS) is 7.91. The third-order valence-electron chi connectivity index (χ3n) is 1.23. The zero-order chi connectivity index (χ0) is 6.85. The van der Waals surface area contributed by atoms with E-state index in [4.69, 9.17) is 0 Å². The first-order chi connectivity index (χ1) is 4.18. The van der Waals surface area contributed by atoms with Crippen molar-refractivity contribution in [2.24, 2.45) is 0 Å². The Bertz CT molecular complexity index is 175. The van der Waals surface area contributed by atoms with Crippen molar-refractivity contribution >= 4 is 0 Å². The molecule has 0 spiro atoms. The predicted molar refractivity (Wildman–Crippen MR) is 38.4 cm³/mol. The van der Waals surface area contributed by atoms with Crippen LogP contribution in [0.4, 0.5) is 0 Å². The summed E-state index contributed by atoms with van der Waals surface area (Å²) in [7, 11) is 0. The summed E-state index contributed by atoms with van der Waals surface area (Å²) in [6, 6.07) is 4.15. The van der Waals surface area contributed by atoms with Crippen molar-refractivity contribution in [1.29, 1.82) is 0 Å². The maximum absolute atomic E-state index is 4.23. The fourth-order valence-electron chi connectivity index (χ4n) is 1.04. The topological polar surface area (TPSA) is 12.9 Å². The van der Waals surface area contributed by atoms with Gasteiger partial charge in [-0.05, 0) is 38.5 Å².